The van der Waals surface area contributed by atoms with Gasteiger partial charge in [0, 0.05) is 25.7 Å². The molecule has 3 rings (SSSR count). The fraction of sp³-hybridized carbons (Fsp3) is 0.200. The van der Waals surface area contributed by atoms with E-state index in [1.165, 1.54) is 12.1 Å². The number of benzene rings is 2. The fourth-order valence-corrected chi connectivity index (χ4v) is 2.64. The Morgan fingerprint density at radius 1 is 1.23 bits per heavy atom. The first-order valence-electron chi connectivity index (χ1n) is 6.58. The number of nitro benzene ring substituents is 1. The van der Waals surface area contributed by atoms with Gasteiger partial charge in [-0.1, -0.05) is 17.7 Å². The summed E-state index contributed by atoms with van der Waals surface area (Å²) in [5, 5.41) is 11.1. The van der Waals surface area contributed by atoms with Crippen LogP contribution in [0.5, 0.6) is 11.5 Å². The lowest BCUT2D eigenvalue weighted by atomic mass is 10.1. The normalized spacial score (nSPS) is 12.3. The zero-order valence-corrected chi connectivity index (χ0v) is 12.5. The van der Waals surface area contributed by atoms with Crippen molar-refractivity contribution in [3.8, 4) is 11.5 Å². The Morgan fingerprint density at radius 2 is 2.00 bits per heavy atom. The van der Waals surface area contributed by atoms with E-state index in [2.05, 4.69) is 0 Å². The monoisotopic (exact) mass is 320 g/mol. The van der Waals surface area contributed by atoms with Crippen LogP contribution < -0.4 is 14.4 Å². The Hall–Kier alpha value is -2.47. The molecule has 0 spiro atoms. The van der Waals surface area contributed by atoms with Gasteiger partial charge in [0.1, 0.15) is 0 Å². The predicted octanol–water partition coefficient (Wildman–Crippen LogP) is 3.61. The van der Waals surface area contributed by atoms with Crippen molar-refractivity contribution in [1.29, 1.82) is 0 Å². The van der Waals surface area contributed by atoms with Crippen LogP contribution >= 0.6 is 11.6 Å². The van der Waals surface area contributed by atoms with Gasteiger partial charge < -0.3 is 14.4 Å². The summed E-state index contributed by atoms with van der Waals surface area (Å²) in [7, 11) is 1.87. The summed E-state index contributed by atoms with van der Waals surface area (Å²) in [4.78, 5) is 12.2. The van der Waals surface area contributed by atoms with E-state index in [9.17, 15) is 10.1 Å². The molecular weight excluding hydrogens is 308 g/mol. The van der Waals surface area contributed by atoms with Crippen molar-refractivity contribution in [3.05, 3.63) is 57.1 Å². The van der Waals surface area contributed by atoms with Crippen molar-refractivity contribution < 1.29 is 14.4 Å². The molecule has 0 amide bonds. The van der Waals surface area contributed by atoms with E-state index in [4.69, 9.17) is 21.1 Å². The number of ether oxygens (including phenoxy) is 2. The Bertz CT molecular complexity index is 735. The lowest BCUT2D eigenvalue weighted by Gasteiger charge is -2.20. The van der Waals surface area contributed by atoms with Crippen LogP contribution in [0.1, 0.15) is 5.56 Å². The summed E-state index contributed by atoms with van der Waals surface area (Å²) in [5.41, 5.74) is 1.73. The minimum absolute atomic E-state index is 0.0229. The van der Waals surface area contributed by atoms with E-state index in [0.29, 0.717) is 11.6 Å². The van der Waals surface area contributed by atoms with Crippen molar-refractivity contribution in [2.75, 3.05) is 18.7 Å². The summed E-state index contributed by atoms with van der Waals surface area (Å²) >= 11 is 6.14. The summed E-state index contributed by atoms with van der Waals surface area (Å²) < 4.78 is 10.6. The van der Waals surface area contributed by atoms with Crippen LogP contribution in [-0.2, 0) is 6.54 Å². The molecule has 2 aromatic carbocycles. The molecule has 1 aliphatic heterocycles. The van der Waals surface area contributed by atoms with E-state index in [1.807, 2.05) is 30.1 Å². The van der Waals surface area contributed by atoms with Gasteiger partial charge in [-0.2, -0.15) is 0 Å². The third-order valence-electron chi connectivity index (χ3n) is 3.41. The maximum atomic E-state index is 10.7. The lowest BCUT2D eigenvalue weighted by Crippen LogP contribution is -2.16. The number of halogens is 1. The number of nitro groups is 1. The van der Waals surface area contributed by atoms with Crippen molar-refractivity contribution in [3.63, 3.8) is 0 Å². The van der Waals surface area contributed by atoms with Gasteiger partial charge in [0.25, 0.3) is 5.69 Å². The van der Waals surface area contributed by atoms with Crippen molar-refractivity contribution in [1.82, 2.24) is 0 Å². The first-order valence-corrected chi connectivity index (χ1v) is 6.96. The molecule has 1 heterocycles. The summed E-state index contributed by atoms with van der Waals surface area (Å²) in [6.07, 6.45) is 0. The molecule has 114 valence electrons. The fourth-order valence-electron chi connectivity index (χ4n) is 2.32. The molecule has 0 atom stereocenters. The number of anilines is 1. The van der Waals surface area contributed by atoms with Gasteiger partial charge in [0.2, 0.25) is 6.79 Å². The second-order valence-electron chi connectivity index (χ2n) is 4.94. The van der Waals surface area contributed by atoms with Gasteiger partial charge >= 0.3 is 0 Å². The molecule has 6 nitrogen and oxygen atoms in total. The quantitative estimate of drug-likeness (QED) is 0.636. The van der Waals surface area contributed by atoms with Gasteiger partial charge in [-0.05, 0) is 23.8 Å². The molecule has 0 saturated heterocycles. The molecule has 2 aromatic rings. The molecule has 0 aromatic heterocycles. The molecule has 0 fully saturated rings. The zero-order chi connectivity index (χ0) is 15.7. The van der Waals surface area contributed by atoms with Crippen molar-refractivity contribution in [2.45, 2.75) is 6.54 Å². The molecule has 7 heteroatoms. The maximum Gasteiger partial charge on any atom is 0.271 e. The number of rotatable bonds is 4. The number of non-ortho nitro benzene ring substituents is 1. The van der Waals surface area contributed by atoms with Gasteiger partial charge in [0.15, 0.2) is 11.5 Å². The molecule has 22 heavy (non-hydrogen) atoms. The molecule has 0 N–H and O–H groups in total. The molecule has 0 radical (unpaired) electrons. The lowest BCUT2D eigenvalue weighted by molar-refractivity contribution is -0.384. The Labute approximate surface area is 132 Å². The first-order chi connectivity index (χ1) is 10.5. The molecule has 1 aliphatic rings. The first kappa shape index (κ1) is 14.5. The standard InChI is InChI=1S/C15H13ClN2O4/c1-17(13-4-3-11(18(19)20)7-12(13)16)8-10-2-5-14-15(6-10)22-9-21-14/h2-7H,8-9H2,1H3. The Kier molecular flexibility index (Phi) is 3.77. The van der Waals surface area contributed by atoms with E-state index in [1.54, 1.807) is 6.07 Å². The van der Waals surface area contributed by atoms with Gasteiger partial charge in [-0.15, -0.1) is 0 Å². The molecular formula is C15H13ClN2O4. The highest BCUT2D eigenvalue weighted by Gasteiger charge is 2.16. The highest BCUT2D eigenvalue weighted by Crippen LogP contribution is 2.34. The van der Waals surface area contributed by atoms with Crippen LogP contribution in [0.3, 0.4) is 0 Å². The Balaban J connectivity index is 1.79. The largest absolute Gasteiger partial charge is 0.454 e. The van der Waals surface area contributed by atoms with Crippen LogP contribution in [-0.4, -0.2) is 18.8 Å². The van der Waals surface area contributed by atoms with Crippen molar-refractivity contribution in [2.24, 2.45) is 0 Å². The average molecular weight is 321 g/mol. The predicted molar refractivity (Wildman–Crippen MR) is 82.8 cm³/mol. The van der Waals surface area contributed by atoms with E-state index >= 15 is 0 Å². The van der Waals surface area contributed by atoms with Crippen LogP contribution in [0.4, 0.5) is 11.4 Å². The highest BCUT2D eigenvalue weighted by atomic mass is 35.5. The van der Waals surface area contributed by atoms with Crippen LogP contribution in [0.2, 0.25) is 5.02 Å². The number of hydrogen-bond acceptors (Lipinski definition) is 5. The second-order valence-corrected chi connectivity index (χ2v) is 5.34. The van der Waals surface area contributed by atoms with E-state index < -0.39 is 4.92 Å². The number of hydrogen-bond donors (Lipinski definition) is 0. The van der Waals surface area contributed by atoms with Crippen LogP contribution in [0.15, 0.2) is 36.4 Å². The minimum atomic E-state index is -0.465. The third kappa shape index (κ3) is 2.78. The van der Waals surface area contributed by atoms with Gasteiger partial charge in [-0.3, -0.25) is 10.1 Å². The molecule has 0 aliphatic carbocycles. The topological polar surface area (TPSA) is 64.8 Å². The summed E-state index contributed by atoms with van der Waals surface area (Å²) in [6.45, 7) is 0.830. The molecule has 0 unspecified atom stereocenters. The number of fused-ring (bicyclic) bond motifs is 1. The van der Waals surface area contributed by atoms with Crippen LogP contribution in [0, 0.1) is 10.1 Å². The van der Waals surface area contributed by atoms with Crippen molar-refractivity contribution >= 4 is 23.0 Å². The summed E-state index contributed by atoms with van der Waals surface area (Å²) in [6, 6.07) is 10.2. The average Bonchev–Trinajstić information content (AvgIpc) is 2.94. The van der Waals surface area contributed by atoms with Crippen LogP contribution in [0.25, 0.3) is 0 Å². The smallest absolute Gasteiger partial charge is 0.271 e. The zero-order valence-electron chi connectivity index (χ0n) is 11.8. The minimum Gasteiger partial charge on any atom is -0.454 e. The second kappa shape index (κ2) is 5.73. The van der Waals surface area contributed by atoms with E-state index in [-0.39, 0.29) is 12.5 Å². The van der Waals surface area contributed by atoms with Gasteiger partial charge in [0.05, 0.1) is 15.6 Å². The molecule has 0 saturated carbocycles. The van der Waals surface area contributed by atoms with E-state index in [0.717, 1.165) is 22.7 Å². The third-order valence-corrected chi connectivity index (χ3v) is 3.71. The maximum absolute atomic E-state index is 10.7. The highest BCUT2D eigenvalue weighted by molar-refractivity contribution is 6.33. The Morgan fingerprint density at radius 3 is 2.73 bits per heavy atom. The SMILES string of the molecule is CN(Cc1ccc2c(c1)OCO2)c1ccc([N+](=O)[O-])cc1Cl. The van der Waals surface area contributed by atoms with Gasteiger partial charge in [-0.25, -0.2) is 0 Å². The molecule has 0 bridgehead atoms. The number of nitrogens with zero attached hydrogens (tertiary/aromatic N) is 2. The summed E-state index contributed by atoms with van der Waals surface area (Å²) in [5.74, 6) is 1.46.